The van der Waals surface area contributed by atoms with Gasteiger partial charge in [-0.1, -0.05) is 18.2 Å². The molecule has 0 aliphatic heterocycles. The molecule has 0 atom stereocenters. The minimum Gasteiger partial charge on any atom is -0.426 e. The largest absolute Gasteiger partial charge is 0.426 e. The van der Waals surface area contributed by atoms with Crippen molar-refractivity contribution in [3.05, 3.63) is 59.4 Å². The van der Waals surface area contributed by atoms with Gasteiger partial charge in [0, 0.05) is 18.8 Å². The monoisotopic (exact) mass is 336 g/mol. The van der Waals surface area contributed by atoms with Crippen LogP contribution < -0.4 is 4.74 Å². The van der Waals surface area contributed by atoms with E-state index in [0.717, 1.165) is 22.0 Å². The summed E-state index contributed by atoms with van der Waals surface area (Å²) in [6, 6.07) is 10.9. The van der Waals surface area contributed by atoms with Gasteiger partial charge in [0.15, 0.2) is 5.78 Å². The van der Waals surface area contributed by atoms with Crippen LogP contribution >= 0.6 is 0 Å². The molecule has 0 radical (unpaired) electrons. The van der Waals surface area contributed by atoms with Gasteiger partial charge in [0.1, 0.15) is 5.75 Å². The fourth-order valence-corrected chi connectivity index (χ4v) is 2.82. The molecule has 0 saturated carbocycles. The molecule has 0 amide bonds. The van der Waals surface area contributed by atoms with Gasteiger partial charge in [-0.2, -0.15) is 5.10 Å². The second kappa shape index (κ2) is 6.89. The minimum absolute atomic E-state index is 0.0306. The van der Waals surface area contributed by atoms with Crippen molar-refractivity contribution in [1.29, 1.82) is 0 Å². The summed E-state index contributed by atoms with van der Waals surface area (Å²) in [7, 11) is 1.86. The van der Waals surface area contributed by atoms with Gasteiger partial charge in [-0.05, 0) is 54.8 Å². The molecule has 0 fully saturated rings. The molecule has 0 saturated heterocycles. The van der Waals surface area contributed by atoms with Crippen LogP contribution in [0.2, 0.25) is 0 Å². The van der Waals surface area contributed by atoms with E-state index in [0.29, 0.717) is 24.2 Å². The van der Waals surface area contributed by atoms with Crippen LogP contribution in [0.15, 0.2) is 42.6 Å². The van der Waals surface area contributed by atoms with Crippen LogP contribution in [0.5, 0.6) is 5.75 Å². The Morgan fingerprint density at radius 2 is 1.84 bits per heavy atom. The van der Waals surface area contributed by atoms with Gasteiger partial charge >= 0.3 is 5.97 Å². The van der Waals surface area contributed by atoms with Gasteiger partial charge in [-0.15, -0.1) is 0 Å². The van der Waals surface area contributed by atoms with Crippen LogP contribution in [0.1, 0.15) is 35.0 Å². The zero-order valence-corrected chi connectivity index (χ0v) is 14.6. The van der Waals surface area contributed by atoms with Gasteiger partial charge in [0.2, 0.25) is 0 Å². The Morgan fingerprint density at radius 1 is 1.12 bits per heavy atom. The van der Waals surface area contributed by atoms with Gasteiger partial charge in [-0.3, -0.25) is 14.3 Å². The first-order valence-electron chi connectivity index (χ1n) is 8.17. The molecule has 3 rings (SSSR count). The summed E-state index contributed by atoms with van der Waals surface area (Å²) >= 11 is 0. The highest BCUT2D eigenvalue weighted by atomic mass is 16.5. The van der Waals surface area contributed by atoms with Gasteiger partial charge < -0.3 is 4.74 Å². The van der Waals surface area contributed by atoms with E-state index in [9.17, 15) is 9.59 Å². The Labute approximate surface area is 146 Å². The maximum absolute atomic E-state index is 12.1. The van der Waals surface area contributed by atoms with Crippen molar-refractivity contribution in [2.24, 2.45) is 7.05 Å². The van der Waals surface area contributed by atoms with E-state index < -0.39 is 0 Å². The van der Waals surface area contributed by atoms with Gasteiger partial charge in [-0.25, -0.2) is 0 Å². The third kappa shape index (κ3) is 3.94. The molecule has 0 N–H and O–H groups in total. The molecule has 128 valence electrons. The number of hydrogen-bond acceptors (Lipinski definition) is 4. The Morgan fingerprint density at radius 3 is 2.52 bits per heavy atom. The second-order valence-electron chi connectivity index (χ2n) is 6.17. The number of aromatic nitrogens is 2. The lowest BCUT2D eigenvalue weighted by atomic mass is 10.0. The molecule has 0 aliphatic rings. The number of aryl methyl sites for hydroxylation is 3. The zero-order valence-electron chi connectivity index (χ0n) is 14.6. The van der Waals surface area contributed by atoms with Crippen LogP contribution in [0.25, 0.3) is 10.8 Å². The number of ether oxygens (including phenoxy) is 1. The Hall–Kier alpha value is -2.95. The Kier molecular flexibility index (Phi) is 4.65. The number of fused-ring (bicyclic) bond motifs is 1. The highest BCUT2D eigenvalue weighted by Gasteiger charge is 2.10. The number of Topliss-reactive ketones (excluding diaryl/α,β-unsaturated/α-hetero) is 1. The molecule has 0 spiro atoms. The molecule has 5 nitrogen and oxygen atoms in total. The average Bonchev–Trinajstić information content (AvgIpc) is 2.90. The Bertz CT molecular complexity index is 957. The summed E-state index contributed by atoms with van der Waals surface area (Å²) in [5.74, 6) is 0.266. The molecule has 1 aromatic heterocycles. The van der Waals surface area contributed by atoms with Crippen LogP contribution in [-0.4, -0.2) is 21.5 Å². The van der Waals surface area contributed by atoms with Crippen molar-refractivity contribution in [2.75, 3.05) is 0 Å². The molecule has 3 aromatic rings. The summed E-state index contributed by atoms with van der Waals surface area (Å²) < 4.78 is 7.18. The van der Waals surface area contributed by atoms with E-state index in [2.05, 4.69) is 5.10 Å². The van der Waals surface area contributed by atoms with Crippen LogP contribution in [0, 0.1) is 6.92 Å². The summed E-state index contributed by atoms with van der Waals surface area (Å²) in [6.07, 6.45) is 2.83. The zero-order chi connectivity index (χ0) is 18.0. The van der Waals surface area contributed by atoms with Crippen LogP contribution in [0.3, 0.4) is 0 Å². The van der Waals surface area contributed by atoms with E-state index in [1.807, 2.05) is 44.4 Å². The minimum atomic E-state index is -0.275. The summed E-state index contributed by atoms with van der Waals surface area (Å²) in [5.41, 5.74) is 2.65. The number of carbonyl (C=O) groups excluding carboxylic acids is 2. The second-order valence-corrected chi connectivity index (χ2v) is 6.17. The molecular formula is C20H20N2O3. The lowest BCUT2D eigenvalue weighted by Gasteiger charge is -2.06. The summed E-state index contributed by atoms with van der Waals surface area (Å²) in [4.78, 5) is 23.5. The van der Waals surface area contributed by atoms with Crippen molar-refractivity contribution in [3.63, 3.8) is 0 Å². The highest BCUT2D eigenvalue weighted by Crippen LogP contribution is 2.23. The number of carbonyl (C=O) groups is 2. The predicted octanol–water partition coefficient (Wildman–Crippen LogP) is 3.62. The van der Waals surface area contributed by atoms with Crippen molar-refractivity contribution in [1.82, 2.24) is 9.78 Å². The average molecular weight is 336 g/mol. The Balaban J connectivity index is 1.67. The van der Waals surface area contributed by atoms with E-state index in [4.69, 9.17) is 4.74 Å². The molecule has 1 heterocycles. The SMILES string of the molecule is CC(=O)c1ccc2cc(OC(=O)CCc3cn(C)nc3C)ccc2c1. The molecule has 25 heavy (non-hydrogen) atoms. The standard InChI is InChI=1S/C20H20N2O3/c1-13-18(12-22(3)21-13)7-9-20(24)25-19-8-6-16-10-15(14(2)23)4-5-17(16)11-19/h4-6,8,10-12H,7,9H2,1-3H3. The fourth-order valence-electron chi connectivity index (χ4n) is 2.82. The third-order valence-electron chi connectivity index (χ3n) is 4.16. The number of nitrogens with zero attached hydrogens (tertiary/aromatic N) is 2. The molecule has 0 aliphatic carbocycles. The van der Waals surface area contributed by atoms with Crippen molar-refractivity contribution >= 4 is 22.5 Å². The van der Waals surface area contributed by atoms with Crippen LogP contribution in [0.4, 0.5) is 0 Å². The molecular weight excluding hydrogens is 316 g/mol. The van der Waals surface area contributed by atoms with Gasteiger partial charge in [0.05, 0.1) is 12.1 Å². The number of benzene rings is 2. The van der Waals surface area contributed by atoms with E-state index in [-0.39, 0.29) is 11.8 Å². The number of hydrogen-bond donors (Lipinski definition) is 0. The lowest BCUT2D eigenvalue weighted by molar-refractivity contribution is -0.134. The maximum Gasteiger partial charge on any atom is 0.311 e. The first-order valence-corrected chi connectivity index (χ1v) is 8.17. The topological polar surface area (TPSA) is 61.2 Å². The molecule has 2 aromatic carbocycles. The maximum atomic E-state index is 12.1. The first kappa shape index (κ1) is 16.9. The van der Waals surface area contributed by atoms with Gasteiger partial charge in [0.25, 0.3) is 0 Å². The number of rotatable bonds is 5. The molecule has 0 unspecified atom stereocenters. The van der Waals surface area contributed by atoms with E-state index >= 15 is 0 Å². The summed E-state index contributed by atoms with van der Waals surface area (Å²) in [6.45, 7) is 3.47. The van der Waals surface area contributed by atoms with E-state index in [1.165, 1.54) is 0 Å². The molecule has 0 bridgehead atoms. The fraction of sp³-hybridized carbons (Fsp3) is 0.250. The van der Waals surface area contributed by atoms with Crippen molar-refractivity contribution < 1.29 is 14.3 Å². The smallest absolute Gasteiger partial charge is 0.311 e. The summed E-state index contributed by atoms with van der Waals surface area (Å²) in [5, 5.41) is 6.14. The lowest BCUT2D eigenvalue weighted by Crippen LogP contribution is -2.09. The number of esters is 1. The first-order chi connectivity index (χ1) is 11.9. The van der Waals surface area contributed by atoms with Crippen molar-refractivity contribution in [3.8, 4) is 5.75 Å². The number of ketones is 1. The predicted molar refractivity (Wildman–Crippen MR) is 95.9 cm³/mol. The molecule has 5 heteroatoms. The normalized spacial score (nSPS) is 10.8. The highest BCUT2D eigenvalue weighted by molar-refractivity contribution is 5.98. The van der Waals surface area contributed by atoms with Crippen molar-refractivity contribution in [2.45, 2.75) is 26.7 Å². The third-order valence-corrected chi connectivity index (χ3v) is 4.16. The van der Waals surface area contributed by atoms with E-state index in [1.54, 1.807) is 23.7 Å². The quantitative estimate of drug-likeness (QED) is 0.405. The van der Waals surface area contributed by atoms with Crippen LogP contribution in [-0.2, 0) is 18.3 Å².